The Balaban J connectivity index is 1.36. The standard InChI is InChI=1S/C28H30N6O6S/c1-17-9-10-29-25-20(17)7-6-8-23(25)41(36,37)33-26-24-21(38-5)11-18(12-22(24)40-32-26)15-34-16-19(14-31-34)13-30-27(35)39-28(2,3)4/h6-12,14,16H,13,15H2,1-5H3,(H,30,35)(H,32,33). The number of carbonyl (C=O) groups is 1. The molecule has 41 heavy (non-hydrogen) atoms. The van der Waals surface area contributed by atoms with Crippen LogP contribution in [0.1, 0.15) is 37.5 Å². The van der Waals surface area contributed by atoms with Gasteiger partial charge in [0.2, 0.25) is 0 Å². The van der Waals surface area contributed by atoms with E-state index in [0.29, 0.717) is 28.8 Å². The molecule has 214 valence electrons. The second-order valence-electron chi connectivity index (χ2n) is 10.5. The van der Waals surface area contributed by atoms with Crippen LogP contribution in [0.25, 0.3) is 21.9 Å². The molecule has 5 rings (SSSR count). The summed E-state index contributed by atoms with van der Waals surface area (Å²) in [7, 11) is -2.58. The minimum Gasteiger partial charge on any atom is -0.496 e. The van der Waals surface area contributed by atoms with Crippen LogP contribution in [0.4, 0.5) is 10.6 Å². The number of para-hydroxylation sites is 1. The van der Waals surface area contributed by atoms with Gasteiger partial charge in [-0.3, -0.25) is 14.4 Å². The number of carbonyl (C=O) groups excluding carboxylic acids is 1. The van der Waals surface area contributed by atoms with E-state index < -0.39 is 21.7 Å². The molecule has 0 radical (unpaired) electrons. The lowest BCUT2D eigenvalue weighted by Gasteiger charge is -2.19. The number of rotatable bonds is 8. The zero-order valence-corrected chi connectivity index (χ0v) is 24.1. The van der Waals surface area contributed by atoms with Gasteiger partial charge in [0.15, 0.2) is 11.4 Å². The van der Waals surface area contributed by atoms with Crippen molar-refractivity contribution in [3.8, 4) is 5.75 Å². The number of aromatic nitrogens is 4. The minimum absolute atomic E-state index is 0.00245. The summed E-state index contributed by atoms with van der Waals surface area (Å²) in [5.74, 6) is 0.380. The van der Waals surface area contributed by atoms with Gasteiger partial charge in [-0.25, -0.2) is 13.2 Å². The topological polar surface area (TPSA) is 150 Å². The van der Waals surface area contributed by atoms with Gasteiger partial charge in [-0.15, -0.1) is 0 Å². The van der Waals surface area contributed by atoms with Gasteiger partial charge in [-0.2, -0.15) is 5.10 Å². The maximum Gasteiger partial charge on any atom is 0.407 e. The molecular weight excluding hydrogens is 548 g/mol. The van der Waals surface area contributed by atoms with E-state index in [0.717, 1.165) is 22.1 Å². The quantitative estimate of drug-likeness (QED) is 0.265. The first-order chi connectivity index (χ1) is 19.4. The highest BCUT2D eigenvalue weighted by molar-refractivity contribution is 7.93. The molecular formula is C28H30N6O6S. The molecule has 0 spiro atoms. The first-order valence-electron chi connectivity index (χ1n) is 12.7. The average Bonchev–Trinajstić information content (AvgIpc) is 3.52. The van der Waals surface area contributed by atoms with E-state index in [2.05, 4.69) is 25.3 Å². The molecule has 0 aliphatic carbocycles. The number of hydrogen-bond donors (Lipinski definition) is 2. The molecule has 0 atom stereocenters. The first kappa shape index (κ1) is 27.9. The van der Waals surface area contributed by atoms with Crippen molar-refractivity contribution in [3.63, 3.8) is 0 Å². The summed E-state index contributed by atoms with van der Waals surface area (Å²) in [6.45, 7) is 7.91. The van der Waals surface area contributed by atoms with E-state index in [1.54, 1.807) is 62.2 Å². The van der Waals surface area contributed by atoms with Gasteiger partial charge < -0.3 is 19.3 Å². The van der Waals surface area contributed by atoms with E-state index >= 15 is 0 Å². The van der Waals surface area contributed by atoms with Crippen molar-refractivity contribution in [2.45, 2.75) is 51.3 Å². The van der Waals surface area contributed by atoms with Crippen LogP contribution in [0.5, 0.6) is 5.75 Å². The molecule has 0 saturated carbocycles. The number of ether oxygens (including phenoxy) is 2. The number of alkyl carbamates (subject to hydrolysis) is 1. The molecule has 13 heteroatoms. The second-order valence-corrected chi connectivity index (χ2v) is 12.1. The van der Waals surface area contributed by atoms with E-state index in [1.807, 2.05) is 19.1 Å². The fraction of sp³-hybridized carbons (Fsp3) is 0.286. The largest absolute Gasteiger partial charge is 0.496 e. The molecule has 1 amide bonds. The van der Waals surface area contributed by atoms with Gasteiger partial charge in [0.25, 0.3) is 10.0 Å². The third-order valence-corrected chi connectivity index (χ3v) is 7.53. The number of aryl methyl sites for hydroxylation is 1. The Morgan fingerprint density at radius 2 is 1.95 bits per heavy atom. The van der Waals surface area contributed by atoms with Gasteiger partial charge in [0, 0.05) is 29.9 Å². The van der Waals surface area contributed by atoms with Crippen molar-refractivity contribution in [2.75, 3.05) is 11.8 Å². The number of nitrogens with one attached hydrogen (secondary N) is 2. The molecule has 3 heterocycles. The number of hydrogen-bond acceptors (Lipinski definition) is 9. The van der Waals surface area contributed by atoms with Crippen molar-refractivity contribution < 1.29 is 27.2 Å². The number of anilines is 1. The van der Waals surface area contributed by atoms with Crippen LogP contribution in [0, 0.1) is 6.92 Å². The Hall–Kier alpha value is -4.65. The maximum atomic E-state index is 13.4. The van der Waals surface area contributed by atoms with E-state index in [4.69, 9.17) is 14.0 Å². The lowest BCUT2D eigenvalue weighted by atomic mass is 10.1. The maximum absolute atomic E-state index is 13.4. The second kappa shape index (κ2) is 10.7. The number of nitrogens with zero attached hydrogens (tertiary/aromatic N) is 4. The Bertz CT molecular complexity index is 1860. The van der Waals surface area contributed by atoms with Crippen molar-refractivity contribution in [1.82, 2.24) is 25.2 Å². The van der Waals surface area contributed by atoms with Crippen molar-refractivity contribution in [3.05, 3.63) is 71.7 Å². The molecule has 0 bridgehead atoms. The molecule has 0 fully saturated rings. The Morgan fingerprint density at radius 3 is 2.71 bits per heavy atom. The fourth-order valence-electron chi connectivity index (χ4n) is 4.36. The van der Waals surface area contributed by atoms with E-state index in [-0.39, 0.29) is 17.3 Å². The lowest BCUT2D eigenvalue weighted by Crippen LogP contribution is -2.32. The molecule has 0 aliphatic rings. The van der Waals surface area contributed by atoms with Gasteiger partial charge in [0.05, 0.1) is 25.4 Å². The van der Waals surface area contributed by atoms with Crippen LogP contribution < -0.4 is 14.8 Å². The van der Waals surface area contributed by atoms with Crippen LogP contribution >= 0.6 is 0 Å². The average molecular weight is 579 g/mol. The van der Waals surface area contributed by atoms with Crippen LogP contribution in [0.2, 0.25) is 0 Å². The predicted molar refractivity (Wildman–Crippen MR) is 152 cm³/mol. The number of methoxy groups -OCH3 is 1. The van der Waals surface area contributed by atoms with Crippen LogP contribution in [-0.2, 0) is 27.8 Å². The molecule has 5 aromatic rings. The normalized spacial score (nSPS) is 12.0. The first-order valence-corrected chi connectivity index (χ1v) is 14.2. The van der Waals surface area contributed by atoms with Gasteiger partial charge in [-0.1, -0.05) is 17.3 Å². The van der Waals surface area contributed by atoms with E-state index in [1.165, 1.54) is 13.2 Å². The summed E-state index contributed by atoms with van der Waals surface area (Å²) in [5.41, 5.74) is 2.60. The molecule has 0 aliphatic heterocycles. The van der Waals surface area contributed by atoms with Gasteiger partial charge >= 0.3 is 6.09 Å². The Morgan fingerprint density at radius 1 is 1.15 bits per heavy atom. The summed E-state index contributed by atoms with van der Waals surface area (Å²) >= 11 is 0. The predicted octanol–water partition coefficient (Wildman–Crippen LogP) is 4.76. The Kier molecular flexibility index (Phi) is 7.30. The zero-order chi connectivity index (χ0) is 29.4. The summed E-state index contributed by atoms with van der Waals surface area (Å²) in [5, 5.41) is 12.2. The van der Waals surface area contributed by atoms with Gasteiger partial charge in [0.1, 0.15) is 21.6 Å². The van der Waals surface area contributed by atoms with E-state index in [9.17, 15) is 13.2 Å². The third-order valence-electron chi connectivity index (χ3n) is 6.16. The highest BCUT2D eigenvalue weighted by Crippen LogP contribution is 2.35. The van der Waals surface area contributed by atoms with Crippen molar-refractivity contribution >= 4 is 43.8 Å². The number of amides is 1. The summed E-state index contributed by atoms with van der Waals surface area (Å²) < 4.78 is 47.4. The number of fused-ring (bicyclic) bond motifs is 2. The molecule has 0 unspecified atom stereocenters. The van der Waals surface area contributed by atoms with Crippen molar-refractivity contribution in [1.29, 1.82) is 0 Å². The monoisotopic (exact) mass is 578 g/mol. The lowest BCUT2D eigenvalue weighted by molar-refractivity contribution is 0.0523. The highest BCUT2D eigenvalue weighted by atomic mass is 32.2. The van der Waals surface area contributed by atoms with Crippen LogP contribution in [0.15, 0.2) is 64.4 Å². The molecule has 2 N–H and O–H groups in total. The zero-order valence-electron chi connectivity index (χ0n) is 23.3. The molecule has 0 saturated heterocycles. The number of sulfonamides is 1. The molecule has 2 aromatic carbocycles. The van der Waals surface area contributed by atoms with Crippen LogP contribution in [0.3, 0.4) is 0 Å². The fourth-order valence-corrected chi connectivity index (χ4v) is 5.54. The highest BCUT2D eigenvalue weighted by Gasteiger charge is 2.24. The summed E-state index contributed by atoms with van der Waals surface area (Å²) in [6, 6.07) is 10.3. The molecule has 3 aromatic heterocycles. The number of pyridine rings is 1. The molecule has 12 nitrogen and oxygen atoms in total. The Labute approximate surface area is 236 Å². The van der Waals surface area contributed by atoms with Gasteiger partial charge in [-0.05, 0) is 63.1 Å². The third kappa shape index (κ3) is 6.09. The van der Waals surface area contributed by atoms with Crippen LogP contribution in [-0.4, -0.2) is 47.1 Å². The van der Waals surface area contributed by atoms with Crippen molar-refractivity contribution in [2.24, 2.45) is 0 Å². The SMILES string of the molecule is COc1cc(Cn2cc(CNC(=O)OC(C)(C)C)cn2)cc2onc(NS(=O)(=O)c3cccc4c(C)ccnc34)c12. The minimum atomic E-state index is -4.06. The summed E-state index contributed by atoms with van der Waals surface area (Å²) in [4.78, 5) is 16.3. The smallest absolute Gasteiger partial charge is 0.407 e. The summed E-state index contributed by atoms with van der Waals surface area (Å²) in [6.07, 6.45) is 4.52. The number of benzene rings is 2.